The van der Waals surface area contributed by atoms with Crippen molar-refractivity contribution in [2.45, 2.75) is 44.8 Å². The van der Waals surface area contributed by atoms with Gasteiger partial charge in [-0.1, -0.05) is 24.6 Å². The molecule has 2 fully saturated rings. The van der Waals surface area contributed by atoms with Gasteiger partial charge >= 0.3 is 12.1 Å². The van der Waals surface area contributed by atoms with Gasteiger partial charge in [0.25, 0.3) is 5.91 Å². The van der Waals surface area contributed by atoms with Gasteiger partial charge in [-0.15, -0.1) is 0 Å². The fourth-order valence-corrected chi connectivity index (χ4v) is 4.12. The van der Waals surface area contributed by atoms with Gasteiger partial charge in [0.15, 0.2) is 0 Å². The number of benzene rings is 1. The minimum Gasteiger partial charge on any atom is -0.475 e. The second-order valence-electron chi connectivity index (χ2n) is 8.72. The Bertz CT molecular complexity index is 817. The third-order valence-electron chi connectivity index (χ3n) is 6.21. The number of nitrogens with one attached hydrogen (secondary N) is 1. The highest BCUT2D eigenvalue weighted by atomic mass is 19.4. The van der Waals surface area contributed by atoms with Gasteiger partial charge in [-0.2, -0.15) is 13.2 Å². The number of likely N-dealkylation sites (tertiary alicyclic amines) is 1. The molecule has 2 amide bonds. The van der Waals surface area contributed by atoms with E-state index in [0.29, 0.717) is 31.1 Å². The number of hydrogen-bond donors (Lipinski definition) is 2. The third-order valence-corrected chi connectivity index (χ3v) is 6.21. The van der Waals surface area contributed by atoms with Crippen molar-refractivity contribution in [1.29, 1.82) is 0 Å². The summed E-state index contributed by atoms with van der Waals surface area (Å²) in [4.78, 5) is 40.8. The van der Waals surface area contributed by atoms with E-state index in [0.717, 1.165) is 39.3 Å². The number of rotatable bonds is 7. The Kier molecular flexibility index (Phi) is 11.5. The van der Waals surface area contributed by atoms with Crippen molar-refractivity contribution in [3.8, 4) is 0 Å². The van der Waals surface area contributed by atoms with Crippen LogP contribution in [0.5, 0.6) is 0 Å². The van der Waals surface area contributed by atoms with Crippen LogP contribution in [0.1, 0.15) is 43.0 Å². The number of carbonyl (C=O) groups excluding carboxylic acids is 2. The number of carboxylic acids is 1. The van der Waals surface area contributed by atoms with Gasteiger partial charge in [0, 0.05) is 63.8 Å². The van der Waals surface area contributed by atoms with Crippen molar-refractivity contribution in [3.05, 3.63) is 35.9 Å². The maximum absolute atomic E-state index is 13.1. The second-order valence-corrected chi connectivity index (χ2v) is 8.72. The van der Waals surface area contributed by atoms with Crippen LogP contribution in [0.2, 0.25) is 0 Å². The highest BCUT2D eigenvalue weighted by molar-refractivity contribution is 5.94. The van der Waals surface area contributed by atoms with Crippen LogP contribution >= 0.6 is 0 Å². The number of piperidine rings is 1. The number of carbonyl (C=O) groups is 3. The van der Waals surface area contributed by atoms with Crippen LogP contribution in [0, 0.1) is 0 Å². The lowest BCUT2D eigenvalue weighted by Gasteiger charge is -2.35. The number of aliphatic carboxylic acids is 1. The molecule has 2 N–H and O–H groups in total. The van der Waals surface area contributed by atoms with E-state index >= 15 is 0 Å². The minimum absolute atomic E-state index is 0.0263. The molecule has 2 aliphatic rings. The second kappa shape index (κ2) is 14.0. The largest absolute Gasteiger partial charge is 0.490 e. The smallest absolute Gasteiger partial charge is 0.475 e. The maximum atomic E-state index is 13.1. The summed E-state index contributed by atoms with van der Waals surface area (Å²) in [5.41, 5.74) is 0.698. The van der Waals surface area contributed by atoms with Crippen molar-refractivity contribution in [2.75, 3.05) is 52.4 Å². The third kappa shape index (κ3) is 9.85. The predicted octanol–water partition coefficient (Wildman–Crippen LogP) is 2.46. The first-order valence-electron chi connectivity index (χ1n) is 12.0. The van der Waals surface area contributed by atoms with Gasteiger partial charge in [0.05, 0.1) is 0 Å². The lowest BCUT2D eigenvalue weighted by molar-refractivity contribution is -0.192. The normalized spacial score (nSPS) is 18.9. The molecule has 0 aliphatic carbocycles. The van der Waals surface area contributed by atoms with Gasteiger partial charge in [-0.25, -0.2) is 4.79 Å². The summed E-state index contributed by atoms with van der Waals surface area (Å²) in [5.74, 6) is -2.58. The zero-order valence-corrected chi connectivity index (χ0v) is 20.1. The van der Waals surface area contributed by atoms with Gasteiger partial charge < -0.3 is 20.2 Å². The first kappa shape index (κ1) is 28.6. The monoisotopic (exact) mass is 500 g/mol. The molecule has 0 spiro atoms. The fourth-order valence-electron chi connectivity index (χ4n) is 4.12. The fraction of sp³-hybridized carbons (Fsp3) is 0.625. The average Bonchev–Trinajstić information content (AvgIpc) is 2.85. The lowest BCUT2D eigenvalue weighted by atomic mass is 10.0. The quantitative estimate of drug-likeness (QED) is 0.598. The van der Waals surface area contributed by atoms with E-state index in [1.54, 1.807) is 0 Å². The number of carboxylic acid groups (broad SMARTS) is 1. The number of nitrogens with zero attached hydrogens (tertiary/aromatic N) is 3. The molecular formula is C24H35F3N4O4. The molecule has 3 rings (SSSR count). The Balaban J connectivity index is 0.000000540. The number of hydrogen-bond acceptors (Lipinski definition) is 5. The summed E-state index contributed by atoms with van der Waals surface area (Å²) in [6.45, 7) is 8.64. The number of piperazine rings is 1. The Labute approximate surface area is 204 Å². The molecule has 0 aromatic heterocycles. The average molecular weight is 501 g/mol. The van der Waals surface area contributed by atoms with Crippen molar-refractivity contribution in [2.24, 2.45) is 0 Å². The molecule has 2 heterocycles. The molecule has 35 heavy (non-hydrogen) atoms. The predicted molar refractivity (Wildman–Crippen MR) is 125 cm³/mol. The Hall–Kier alpha value is -2.66. The van der Waals surface area contributed by atoms with E-state index in [-0.39, 0.29) is 11.8 Å². The van der Waals surface area contributed by atoms with E-state index in [1.165, 1.54) is 19.3 Å². The molecule has 1 atom stereocenters. The Morgan fingerprint density at radius 3 is 2.26 bits per heavy atom. The van der Waals surface area contributed by atoms with Crippen LogP contribution in [-0.2, 0) is 9.59 Å². The molecule has 1 aromatic carbocycles. The minimum atomic E-state index is -5.08. The Morgan fingerprint density at radius 1 is 1.06 bits per heavy atom. The lowest BCUT2D eigenvalue weighted by Crippen LogP contribution is -2.48. The SMILES string of the molecule is CC1CCCCN1CCN(CCC(=O)N1CCNCC1)C(=O)c1ccccc1.O=C(O)C(F)(F)F. The van der Waals surface area contributed by atoms with Crippen LogP contribution < -0.4 is 5.32 Å². The molecule has 1 aromatic rings. The first-order chi connectivity index (χ1) is 16.6. The van der Waals surface area contributed by atoms with E-state index in [2.05, 4.69) is 17.1 Å². The molecule has 1 unspecified atom stereocenters. The van der Waals surface area contributed by atoms with E-state index < -0.39 is 12.1 Å². The van der Waals surface area contributed by atoms with Crippen molar-refractivity contribution >= 4 is 17.8 Å². The van der Waals surface area contributed by atoms with E-state index in [9.17, 15) is 22.8 Å². The molecule has 2 aliphatic heterocycles. The molecular weight excluding hydrogens is 465 g/mol. The van der Waals surface area contributed by atoms with Crippen molar-refractivity contribution < 1.29 is 32.7 Å². The summed E-state index contributed by atoms with van der Waals surface area (Å²) in [5, 5.41) is 10.4. The summed E-state index contributed by atoms with van der Waals surface area (Å²) in [7, 11) is 0. The summed E-state index contributed by atoms with van der Waals surface area (Å²) >= 11 is 0. The van der Waals surface area contributed by atoms with Crippen molar-refractivity contribution in [1.82, 2.24) is 20.0 Å². The highest BCUT2D eigenvalue weighted by Crippen LogP contribution is 2.16. The standard InChI is InChI=1S/C22H34N4O2.C2HF3O2/c1-19-7-5-6-13-24(19)17-18-26(22(28)20-8-3-2-4-9-20)14-10-21(27)25-15-11-23-12-16-25;3-2(4,5)1(6)7/h2-4,8-9,19,23H,5-7,10-18H2,1H3;(H,6,7). The van der Waals surface area contributed by atoms with Gasteiger partial charge in [-0.3, -0.25) is 14.5 Å². The molecule has 0 radical (unpaired) electrons. The van der Waals surface area contributed by atoms with Crippen LogP contribution in [0.3, 0.4) is 0 Å². The Morgan fingerprint density at radius 2 is 1.69 bits per heavy atom. The van der Waals surface area contributed by atoms with E-state index in [4.69, 9.17) is 9.90 Å². The van der Waals surface area contributed by atoms with Crippen LogP contribution in [0.4, 0.5) is 13.2 Å². The van der Waals surface area contributed by atoms with Gasteiger partial charge in [-0.05, 0) is 38.4 Å². The highest BCUT2D eigenvalue weighted by Gasteiger charge is 2.38. The summed E-state index contributed by atoms with van der Waals surface area (Å²) in [6.07, 6.45) is -0.926. The summed E-state index contributed by atoms with van der Waals surface area (Å²) < 4.78 is 31.7. The number of alkyl halides is 3. The summed E-state index contributed by atoms with van der Waals surface area (Å²) in [6, 6.07) is 10.00. The topological polar surface area (TPSA) is 93.2 Å². The van der Waals surface area contributed by atoms with Gasteiger partial charge in [0.1, 0.15) is 0 Å². The maximum Gasteiger partial charge on any atom is 0.490 e. The molecule has 8 nitrogen and oxygen atoms in total. The first-order valence-corrected chi connectivity index (χ1v) is 12.0. The molecule has 0 saturated carbocycles. The molecule has 2 saturated heterocycles. The van der Waals surface area contributed by atoms with Gasteiger partial charge in [0.2, 0.25) is 5.91 Å². The van der Waals surface area contributed by atoms with Crippen LogP contribution in [0.15, 0.2) is 30.3 Å². The molecule has 196 valence electrons. The van der Waals surface area contributed by atoms with Crippen LogP contribution in [-0.4, -0.2) is 102 Å². The van der Waals surface area contributed by atoms with Crippen molar-refractivity contribution in [3.63, 3.8) is 0 Å². The number of halogens is 3. The number of amides is 2. The molecule has 0 bridgehead atoms. The van der Waals surface area contributed by atoms with Crippen LogP contribution in [0.25, 0.3) is 0 Å². The van der Waals surface area contributed by atoms with E-state index in [1.807, 2.05) is 40.1 Å². The zero-order valence-electron chi connectivity index (χ0n) is 20.1. The molecule has 11 heteroatoms. The zero-order chi connectivity index (χ0) is 25.8.